The number of carbonyl (C=O) groups excluding carboxylic acids is 1. The lowest BCUT2D eigenvalue weighted by atomic mass is 10.0. The van der Waals surface area contributed by atoms with Crippen LogP contribution in [0.5, 0.6) is 5.75 Å². The molecule has 6 nitrogen and oxygen atoms in total. The number of fused-ring (bicyclic) bond motifs is 1. The molecule has 0 aliphatic carbocycles. The maximum atomic E-state index is 12.6. The van der Waals surface area contributed by atoms with E-state index in [-0.39, 0.29) is 11.9 Å². The van der Waals surface area contributed by atoms with E-state index in [1.54, 1.807) is 7.11 Å². The molecule has 1 unspecified atom stereocenters. The number of ether oxygens (including phenoxy) is 1. The maximum Gasteiger partial charge on any atom is 0.237 e. The van der Waals surface area contributed by atoms with E-state index in [1.807, 2.05) is 44.3 Å². The first kappa shape index (κ1) is 17.4. The zero-order chi connectivity index (χ0) is 17.8. The van der Waals surface area contributed by atoms with Gasteiger partial charge in [-0.25, -0.2) is 9.97 Å². The van der Waals surface area contributed by atoms with Gasteiger partial charge in [-0.05, 0) is 31.9 Å². The third-order valence-corrected chi connectivity index (χ3v) is 4.67. The van der Waals surface area contributed by atoms with Crippen LogP contribution in [0, 0.1) is 6.92 Å². The number of amides is 1. The first-order valence-electron chi connectivity index (χ1n) is 8.53. The van der Waals surface area contributed by atoms with Crippen LogP contribution in [0.15, 0.2) is 30.5 Å². The van der Waals surface area contributed by atoms with Gasteiger partial charge in [0.2, 0.25) is 5.91 Å². The molecule has 132 valence electrons. The smallest absolute Gasteiger partial charge is 0.237 e. The van der Waals surface area contributed by atoms with Crippen molar-refractivity contribution in [2.75, 3.05) is 13.7 Å². The second kappa shape index (κ2) is 7.61. The van der Waals surface area contributed by atoms with Crippen molar-refractivity contribution in [3.63, 3.8) is 0 Å². The van der Waals surface area contributed by atoms with Crippen molar-refractivity contribution in [2.45, 2.75) is 39.4 Å². The van der Waals surface area contributed by atoms with E-state index in [4.69, 9.17) is 4.74 Å². The quantitative estimate of drug-likeness (QED) is 0.900. The number of carbonyl (C=O) groups is 1. The molecule has 0 saturated heterocycles. The van der Waals surface area contributed by atoms with Gasteiger partial charge in [-0.1, -0.05) is 18.2 Å². The van der Waals surface area contributed by atoms with Crippen LogP contribution in [-0.2, 0) is 24.3 Å². The second-order valence-electron chi connectivity index (χ2n) is 6.32. The van der Waals surface area contributed by atoms with Gasteiger partial charge in [-0.15, -0.1) is 0 Å². The Morgan fingerprint density at radius 3 is 3.00 bits per heavy atom. The topological polar surface area (TPSA) is 67.3 Å². The van der Waals surface area contributed by atoms with E-state index >= 15 is 0 Å². The molecule has 0 fully saturated rings. The summed E-state index contributed by atoms with van der Waals surface area (Å²) in [6.45, 7) is 5.81. The molecule has 0 bridgehead atoms. The Bertz CT molecular complexity index is 763. The molecule has 1 aliphatic rings. The minimum absolute atomic E-state index is 0.0140. The summed E-state index contributed by atoms with van der Waals surface area (Å²) in [5.41, 5.74) is 3.18. The number of nitrogens with one attached hydrogen (secondary N) is 1. The molecule has 0 radical (unpaired) electrons. The number of rotatable bonds is 5. The highest BCUT2D eigenvalue weighted by Crippen LogP contribution is 2.19. The molecular weight excluding hydrogens is 316 g/mol. The fourth-order valence-corrected chi connectivity index (χ4v) is 3.10. The zero-order valence-corrected chi connectivity index (χ0v) is 15.0. The highest BCUT2D eigenvalue weighted by Gasteiger charge is 2.26. The van der Waals surface area contributed by atoms with E-state index in [0.717, 1.165) is 35.8 Å². The van der Waals surface area contributed by atoms with E-state index < -0.39 is 0 Å². The number of aromatic nitrogens is 2. The summed E-state index contributed by atoms with van der Waals surface area (Å²) < 4.78 is 5.33. The Morgan fingerprint density at radius 1 is 1.40 bits per heavy atom. The molecule has 1 aromatic carbocycles. The molecule has 1 aromatic heterocycles. The summed E-state index contributed by atoms with van der Waals surface area (Å²) >= 11 is 0. The highest BCUT2D eigenvalue weighted by atomic mass is 16.5. The van der Waals surface area contributed by atoms with Crippen LogP contribution in [0.1, 0.15) is 29.6 Å². The van der Waals surface area contributed by atoms with Crippen molar-refractivity contribution >= 4 is 5.91 Å². The van der Waals surface area contributed by atoms with E-state index in [0.29, 0.717) is 13.1 Å². The first-order valence-corrected chi connectivity index (χ1v) is 8.53. The Kier molecular flexibility index (Phi) is 5.28. The van der Waals surface area contributed by atoms with Crippen LogP contribution in [0.2, 0.25) is 0 Å². The Balaban J connectivity index is 1.61. The second-order valence-corrected chi connectivity index (χ2v) is 6.32. The fraction of sp³-hybridized carbons (Fsp3) is 0.421. The predicted octanol–water partition coefficient (Wildman–Crippen LogP) is 1.86. The van der Waals surface area contributed by atoms with Gasteiger partial charge in [-0.3, -0.25) is 9.69 Å². The normalized spacial score (nSPS) is 15.3. The van der Waals surface area contributed by atoms with Crippen molar-refractivity contribution in [1.29, 1.82) is 0 Å². The number of hydrogen-bond donors (Lipinski definition) is 1. The molecule has 2 heterocycles. The van der Waals surface area contributed by atoms with Crippen LogP contribution < -0.4 is 10.1 Å². The molecular formula is C19H24N4O2. The summed E-state index contributed by atoms with van der Waals surface area (Å²) in [4.78, 5) is 23.5. The largest absolute Gasteiger partial charge is 0.496 e. The van der Waals surface area contributed by atoms with Gasteiger partial charge >= 0.3 is 0 Å². The van der Waals surface area contributed by atoms with Gasteiger partial charge in [0, 0.05) is 31.4 Å². The van der Waals surface area contributed by atoms with Gasteiger partial charge < -0.3 is 10.1 Å². The van der Waals surface area contributed by atoms with Gasteiger partial charge in [0.15, 0.2) is 0 Å². The summed E-state index contributed by atoms with van der Waals surface area (Å²) in [6, 6.07) is 7.51. The summed E-state index contributed by atoms with van der Waals surface area (Å²) in [5.74, 6) is 1.57. The predicted molar refractivity (Wildman–Crippen MR) is 95.2 cm³/mol. The minimum atomic E-state index is -0.210. The maximum absolute atomic E-state index is 12.6. The fourth-order valence-electron chi connectivity index (χ4n) is 3.10. The lowest BCUT2D eigenvalue weighted by molar-refractivity contribution is -0.126. The summed E-state index contributed by atoms with van der Waals surface area (Å²) in [6.07, 6.45) is 2.78. The van der Waals surface area contributed by atoms with Crippen molar-refractivity contribution in [3.05, 3.63) is 53.1 Å². The lowest BCUT2D eigenvalue weighted by Crippen LogP contribution is -2.47. The number of benzene rings is 1. The molecule has 0 saturated carbocycles. The Labute approximate surface area is 148 Å². The number of aryl methyl sites for hydroxylation is 1. The Hall–Kier alpha value is -2.47. The number of nitrogens with zero attached hydrogens (tertiary/aromatic N) is 3. The molecule has 1 aliphatic heterocycles. The van der Waals surface area contributed by atoms with E-state index in [9.17, 15) is 4.79 Å². The molecule has 3 rings (SSSR count). The summed E-state index contributed by atoms with van der Waals surface area (Å²) in [7, 11) is 1.64. The van der Waals surface area contributed by atoms with Gasteiger partial charge in [0.1, 0.15) is 11.6 Å². The first-order chi connectivity index (χ1) is 12.1. The SMILES string of the molecule is COc1ccccc1CNC(=O)C(C)N1CCc2cnc(C)nc2C1. The van der Waals surface area contributed by atoms with E-state index in [1.165, 1.54) is 5.56 Å². The molecule has 1 atom stereocenters. The Morgan fingerprint density at radius 2 is 2.20 bits per heavy atom. The van der Waals surface area contributed by atoms with E-state index in [2.05, 4.69) is 20.2 Å². The average Bonchev–Trinajstić information content (AvgIpc) is 2.65. The van der Waals surface area contributed by atoms with Crippen LogP contribution in [0.25, 0.3) is 0 Å². The van der Waals surface area contributed by atoms with Crippen LogP contribution in [0.4, 0.5) is 0 Å². The van der Waals surface area contributed by atoms with Crippen LogP contribution in [0.3, 0.4) is 0 Å². The third-order valence-electron chi connectivity index (χ3n) is 4.67. The van der Waals surface area contributed by atoms with Gasteiger partial charge in [-0.2, -0.15) is 0 Å². The van der Waals surface area contributed by atoms with Crippen molar-refractivity contribution in [1.82, 2.24) is 20.2 Å². The third kappa shape index (κ3) is 3.96. The molecule has 6 heteroatoms. The molecule has 1 N–H and O–H groups in total. The number of methoxy groups -OCH3 is 1. The standard InChI is InChI=1S/C19H24N4O2/c1-13(19(24)21-11-16-6-4-5-7-18(16)25-3)23-9-8-15-10-20-14(2)22-17(15)12-23/h4-7,10,13H,8-9,11-12H2,1-3H3,(H,21,24). The summed E-state index contributed by atoms with van der Waals surface area (Å²) in [5, 5.41) is 3.01. The van der Waals surface area contributed by atoms with Gasteiger partial charge in [0.05, 0.1) is 18.8 Å². The molecule has 1 amide bonds. The van der Waals surface area contributed by atoms with Crippen molar-refractivity contribution in [3.8, 4) is 5.75 Å². The van der Waals surface area contributed by atoms with Gasteiger partial charge in [0.25, 0.3) is 0 Å². The van der Waals surface area contributed by atoms with Crippen molar-refractivity contribution < 1.29 is 9.53 Å². The van der Waals surface area contributed by atoms with Crippen molar-refractivity contribution in [2.24, 2.45) is 0 Å². The highest BCUT2D eigenvalue weighted by molar-refractivity contribution is 5.81. The molecule has 25 heavy (non-hydrogen) atoms. The number of hydrogen-bond acceptors (Lipinski definition) is 5. The average molecular weight is 340 g/mol. The number of para-hydroxylation sites is 1. The monoisotopic (exact) mass is 340 g/mol. The minimum Gasteiger partial charge on any atom is -0.496 e. The zero-order valence-electron chi connectivity index (χ0n) is 15.0. The lowest BCUT2D eigenvalue weighted by Gasteiger charge is -2.32. The molecule has 0 spiro atoms. The van der Waals surface area contributed by atoms with Crippen LogP contribution >= 0.6 is 0 Å². The van der Waals surface area contributed by atoms with Crippen LogP contribution in [-0.4, -0.2) is 40.5 Å². The molecule has 2 aromatic rings.